The van der Waals surface area contributed by atoms with E-state index in [9.17, 15) is 9.59 Å². The fourth-order valence-electron chi connectivity index (χ4n) is 2.09. The second-order valence-electron chi connectivity index (χ2n) is 5.74. The fourth-order valence-corrected chi connectivity index (χ4v) is 2.94. The van der Waals surface area contributed by atoms with Crippen LogP contribution in [-0.4, -0.2) is 34.6 Å². The normalized spacial score (nSPS) is 21.4. The van der Waals surface area contributed by atoms with Gasteiger partial charge in [-0.15, -0.1) is 11.8 Å². The Hall–Kier alpha value is -1.56. The first-order chi connectivity index (χ1) is 9.95. The van der Waals surface area contributed by atoms with E-state index in [0.29, 0.717) is 18.0 Å². The van der Waals surface area contributed by atoms with Gasteiger partial charge in [-0.3, -0.25) is 9.59 Å². The number of hydrogen-bond donors (Lipinski definition) is 2. The van der Waals surface area contributed by atoms with Gasteiger partial charge < -0.3 is 10.6 Å². The van der Waals surface area contributed by atoms with Crippen LogP contribution in [0.1, 0.15) is 37.7 Å². The monoisotopic (exact) mass is 307 g/mol. The summed E-state index contributed by atoms with van der Waals surface area (Å²) in [7, 11) is 0. The van der Waals surface area contributed by atoms with Crippen molar-refractivity contribution in [3.8, 4) is 0 Å². The van der Waals surface area contributed by atoms with Crippen LogP contribution in [-0.2, 0) is 4.79 Å². The Kier molecular flexibility index (Phi) is 5.22. The Labute approximate surface area is 129 Å². The second kappa shape index (κ2) is 6.93. The van der Waals surface area contributed by atoms with Crippen LogP contribution in [0.4, 0.5) is 0 Å². The average molecular weight is 307 g/mol. The van der Waals surface area contributed by atoms with Gasteiger partial charge in [-0.1, -0.05) is 19.9 Å². The molecule has 1 aromatic heterocycles. The van der Waals surface area contributed by atoms with Crippen molar-refractivity contribution in [2.24, 2.45) is 5.92 Å². The van der Waals surface area contributed by atoms with Crippen molar-refractivity contribution >= 4 is 23.6 Å². The minimum Gasteiger partial charge on any atom is -0.352 e. The molecule has 2 N–H and O–H groups in total. The van der Waals surface area contributed by atoms with E-state index in [1.54, 1.807) is 17.8 Å². The number of pyridine rings is 1. The van der Waals surface area contributed by atoms with Gasteiger partial charge in [-0.25, -0.2) is 4.98 Å². The molecule has 0 spiro atoms. The van der Waals surface area contributed by atoms with Crippen LogP contribution in [0.2, 0.25) is 0 Å². The number of nitrogens with one attached hydrogen (secondary N) is 2. The van der Waals surface area contributed by atoms with Crippen LogP contribution >= 0.6 is 11.8 Å². The summed E-state index contributed by atoms with van der Waals surface area (Å²) in [4.78, 5) is 28.2. The fraction of sp³-hybridized carbons (Fsp3) is 0.533. The minimum atomic E-state index is -0.457. The van der Waals surface area contributed by atoms with Crippen LogP contribution in [0.3, 0.4) is 0 Å². The first kappa shape index (κ1) is 15.8. The standard InChI is InChI=1S/C15H21N3O2S/c1-9(2)8-21-13-6-4-5-11(17-13)14(19)18-12-7-10(3)16-15(12)20/h4-6,9-10,12H,7-8H2,1-3H3,(H,16,20)(H,18,19)/t10?,12-/m0/s1. The van der Waals surface area contributed by atoms with Gasteiger partial charge in [0.05, 0.1) is 5.03 Å². The van der Waals surface area contributed by atoms with Crippen LogP contribution in [0.15, 0.2) is 23.2 Å². The number of amides is 2. The summed E-state index contributed by atoms with van der Waals surface area (Å²) in [6.45, 7) is 6.21. The van der Waals surface area contributed by atoms with Crippen LogP contribution in [0.25, 0.3) is 0 Å². The van der Waals surface area contributed by atoms with E-state index in [2.05, 4.69) is 29.5 Å². The molecule has 114 valence electrons. The number of nitrogens with zero attached hydrogens (tertiary/aromatic N) is 1. The van der Waals surface area contributed by atoms with Gasteiger partial charge in [0.1, 0.15) is 11.7 Å². The molecule has 1 unspecified atom stereocenters. The zero-order chi connectivity index (χ0) is 15.4. The molecular weight excluding hydrogens is 286 g/mol. The molecule has 1 aliphatic rings. The van der Waals surface area contributed by atoms with Gasteiger partial charge in [0.2, 0.25) is 5.91 Å². The predicted octanol–water partition coefficient (Wildman–Crippen LogP) is 1.84. The highest BCUT2D eigenvalue weighted by Gasteiger charge is 2.30. The summed E-state index contributed by atoms with van der Waals surface area (Å²) in [6, 6.07) is 5.03. The van der Waals surface area contributed by atoms with Crippen LogP contribution in [0.5, 0.6) is 0 Å². The summed E-state index contributed by atoms with van der Waals surface area (Å²) in [5.41, 5.74) is 0.358. The van der Waals surface area contributed by atoms with Gasteiger partial charge >= 0.3 is 0 Å². The summed E-state index contributed by atoms with van der Waals surface area (Å²) < 4.78 is 0. The van der Waals surface area contributed by atoms with Crippen molar-refractivity contribution in [1.82, 2.24) is 15.6 Å². The molecule has 1 aromatic rings. The van der Waals surface area contributed by atoms with Gasteiger partial charge in [0, 0.05) is 11.8 Å². The van der Waals surface area contributed by atoms with E-state index in [1.165, 1.54) is 0 Å². The molecule has 1 saturated heterocycles. The van der Waals surface area contributed by atoms with Crippen molar-refractivity contribution in [3.05, 3.63) is 23.9 Å². The number of hydrogen-bond acceptors (Lipinski definition) is 4. The Bertz CT molecular complexity index is 533. The largest absolute Gasteiger partial charge is 0.352 e. The van der Waals surface area contributed by atoms with E-state index in [0.717, 1.165) is 10.8 Å². The molecular formula is C15H21N3O2S. The minimum absolute atomic E-state index is 0.101. The lowest BCUT2D eigenvalue weighted by Crippen LogP contribution is -2.40. The molecule has 0 bridgehead atoms. The quantitative estimate of drug-likeness (QED) is 0.814. The Balaban J connectivity index is 1.99. The highest BCUT2D eigenvalue weighted by atomic mass is 32.2. The zero-order valence-electron chi connectivity index (χ0n) is 12.6. The third-order valence-corrected chi connectivity index (χ3v) is 4.48. The number of thioether (sulfide) groups is 1. The van der Waals surface area contributed by atoms with Crippen LogP contribution in [0, 0.1) is 5.92 Å². The van der Waals surface area contributed by atoms with Crippen molar-refractivity contribution in [3.63, 3.8) is 0 Å². The van der Waals surface area contributed by atoms with E-state index in [-0.39, 0.29) is 17.9 Å². The smallest absolute Gasteiger partial charge is 0.270 e. The number of carbonyl (C=O) groups is 2. The number of carbonyl (C=O) groups excluding carboxylic acids is 2. The summed E-state index contributed by atoms with van der Waals surface area (Å²) in [5.74, 6) is 1.11. The average Bonchev–Trinajstić information content (AvgIpc) is 2.75. The van der Waals surface area contributed by atoms with Crippen molar-refractivity contribution in [2.75, 3.05) is 5.75 Å². The molecule has 0 radical (unpaired) electrons. The molecule has 21 heavy (non-hydrogen) atoms. The molecule has 5 nitrogen and oxygen atoms in total. The maximum absolute atomic E-state index is 12.2. The predicted molar refractivity (Wildman–Crippen MR) is 83.3 cm³/mol. The van der Waals surface area contributed by atoms with Gasteiger partial charge in [-0.2, -0.15) is 0 Å². The molecule has 1 fully saturated rings. The Morgan fingerprint density at radius 1 is 1.52 bits per heavy atom. The molecule has 6 heteroatoms. The highest BCUT2D eigenvalue weighted by Crippen LogP contribution is 2.18. The van der Waals surface area contributed by atoms with Crippen molar-refractivity contribution in [1.29, 1.82) is 0 Å². The van der Waals surface area contributed by atoms with Crippen molar-refractivity contribution in [2.45, 2.75) is 44.3 Å². The number of aromatic nitrogens is 1. The third kappa shape index (κ3) is 4.46. The first-order valence-electron chi connectivity index (χ1n) is 7.17. The number of rotatable bonds is 5. The molecule has 2 rings (SSSR count). The zero-order valence-corrected chi connectivity index (χ0v) is 13.4. The second-order valence-corrected chi connectivity index (χ2v) is 6.78. The first-order valence-corrected chi connectivity index (χ1v) is 8.15. The Morgan fingerprint density at radius 3 is 2.90 bits per heavy atom. The van der Waals surface area contributed by atoms with Crippen molar-refractivity contribution < 1.29 is 9.59 Å². The molecule has 0 aromatic carbocycles. The SMILES string of the molecule is CC(C)CSc1cccc(C(=O)N[C@H]2CC(C)NC2=O)n1. The summed E-state index contributed by atoms with van der Waals surface area (Å²) in [5, 5.41) is 6.37. The lowest BCUT2D eigenvalue weighted by molar-refractivity contribution is -0.120. The van der Waals surface area contributed by atoms with Gasteiger partial charge in [0.25, 0.3) is 5.91 Å². The summed E-state index contributed by atoms with van der Waals surface area (Å²) in [6.07, 6.45) is 0.617. The Morgan fingerprint density at radius 2 is 2.29 bits per heavy atom. The molecule has 0 saturated carbocycles. The molecule has 1 aliphatic heterocycles. The van der Waals surface area contributed by atoms with Gasteiger partial charge in [-0.05, 0) is 31.4 Å². The molecule has 2 amide bonds. The van der Waals surface area contributed by atoms with E-state index < -0.39 is 6.04 Å². The van der Waals surface area contributed by atoms with E-state index in [1.807, 2.05) is 19.1 Å². The maximum Gasteiger partial charge on any atom is 0.270 e. The third-order valence-electron chi connectivity index (χ3n) is 3.12. The topological polar surface area (TPSA) is 71.1 Å². The molecule has 2 heterocycles. The summed E-state index contributed by atoms with van der Waals surface area (Å²) >= 11 is 1.63. The lowest BCUT2D eigenvalue weighted by Gasteiger charge is -2.10. The lowest BCUT2D eigenvalue weighted by atomic mass is 10.2. The van der Waals surface area contributed by atoms with E-state index >= 15 is 0 Å². The highest BCUT2D eigenvalue weighted by molar-refractivity contribution is 7.99. The maximum atomic E-state index is 12.2. The molecule has 2 atom stereocenters. The van der Waals surface area contributed by atoms with E-state index in [4.69, 9.17) is 0 Å². The van der Waals surface area contributed by atoms with Gasteiger partial charge in [0.15, 0.2) is 0 Å². The van der Waals surface area contributed by atoms with Crippen LogP contribution < -0.4 is 10.6 Å². The molecule has 0 aliphatic carbocycles.